The second-order valence-electron chi connectivity index (χ2n) is 8.51. The minimum atomic E-state index is -0.435. The molecular weight excluding hydrogens is 532 g/mol. The van der Waals surface area contributed by atoms with Gasteiger partial charge in [0.1, 0.15) is 5.78 Å². The molecule has 0 saturated heterocycles. The number of carbonyl (C=O) groups is 1. The summed E-state index contributed by atoms with van der Waals surface area (Å²) in [5, 5.41) is 0. The first-order chi connectivity index (χ1) is 16.7. The molecular formula is C31H32BrClN2O. The highest BCUT2D eigenvalue weighted by Gasteiger charge is 2.34. The van der Waals surface area contributed by atoms with Crippen molar-refractivity contribution in [1.29, 1.82) is 0 Å². The van der Waals surface area contributed by atoms with E-state index < -0.39 is 5.41 Å². The Kier molecular flexibility index (Phi) is 11.6. The number of Topliss-reactive ketones (excluding diaryl/α,β-unsaturated/α-hetero) is 1. The Morgan fingerprint density at radius 2 is 1.61 bits per heavy atom. The van der Waals surface area contributed by atoms with Crippen molar-refractivity contribution in [3.8, 4) is 0 Å². The fourth-order valence-corrected chi connectivity index (χ4v) is 4.26. The molecule has 186 valence electrons. The number of carbonyl (C=O) groups excluding carboxylic acids is 1. The van der Waals surface area contributed by atoms with Crippen LogP contribution in [0.5, 0.6) is 0 Å². The van der Waals surface area contributed by atoms with Crippen LogP contribution in [0.4, 0.5) is 0 Å². The number of hydrogen-bond acceptors (Lipinski definition) is 3. The van der Waals surface area contributed by atoms with Crippen LogP contribution in [0.3, 0.4) is 0 Å². The number of hydrogen-bond donors (Lipinski definition) is 0. The van der Waals surface area contributed by atoms with Gasteiger partial charge in [0.05, 0.1) is 5.41 Å². The average molecular weight is 564 g/mol. The van der Waals surface area contributed by atoms with E-state index in [2.05, 4.69) is 64.6 Å². The van der Waals surface area contributed by atoms with Crippen LogP contribution in [0.2, 0.25) is 0 Å². The molecule has 0 fully saturated rings. The van der Waals surface area contributed by atoms with Crippen LogP contribution in [0, 0.1) is 0 Å². The van der Waals surface area contributed by atoms with Gasteiger partial charge in [-0.05, 0) is 53.8 Å². The largest absolute Gasteiger partial charge is 0.369 e. The van der Waals surface area contributed by atoms with E-state index in [1.807, 2.05) is 73.1 Å². The van der Waals surface area contributed by atoms with E-state index in [1.54, 1.807) is 6.92 Å². The van der Waals surface area contributed by atoms with Gasteiger partial charge in [-0.1, -0.05) is 91.0 Å². The third kappa shape index (κ3) is 7.39. The smallest absolute Gasteiger partial charge is 0.144 e. The molecule has 0 bridgehead atoms. The van der Waals surface area contributed by atoms with Gasteiger partial charge in [-0.3, -0.25) is 9.78 Å². The SMILES string of the molecule is Br.C1=CN(Cc2ccccc2)CC=C1c1ccncc1.CC(=O)C1(c2ccccc2)C=CC=CC1.Cl. The topological polar surface area (TPSA) is 33.2 Å². The van der Waals surface area contributed by atoms with Crippen molar-refractivity contribution in [1.82, 2.24) is 9.88 Å². The molecule has 1 aliphatic carbocycles. The van der Waals surface area contributed by atoms with Crippen molar-refractivity contribution in [3.05, 3.63) is 145 Å². The van der Waals surface area contributed by atoms with Gasteiger partial charge in [-0.15, -0.1) is 29.4 Å². The van der Waals surface area contributed by atoms with Gasteiger partial charge in [0.25, 0.3) is 0 Å². The lowest BCUT2D eigenvalue weighted by atomic mass is 9.73. The minimum absolute atomic E-state index is 0. The average Bonchev–Trinajstić information content (AvgIpc) is 2.91. The van der Waals surface area contributed by atoms with Crippen molar-refractivity contribution in [3.63, 3.8) is 0 Å². The number of nitrogens with zero attached hydrogens (tertiary/aromatic N) is 2. The molecule has 0 radical (unpaired) electrons. The van der Waals surface area contributed by atoms with Gasteiger partial charge in [-0.2, -0.15) is 0 Å². The van der Waals surface area contributed by atoms with Crippen LogP contribution in [0.15, 0.2) is 128 Å². The molecule has 2 heterocycles. The zero-order chi connectivity index (χ0) is 23.6. The van der Waals surface area contributed by atoms with E-state index in [0.717, 1.165) is 25.1 Å². The molecule has 2 aromatic carbocycles. The number of rotatable bonds is 5. The van der Waals surface area contributed by atoms with Gasteiger partial charge in [0.2, 0.25) is 0 Å². The van der Waals surface area contributed by atoms with E-state index in [0.29, 0.717) is 0 Å². The third-order valence-corrected chi connectivity index (χ3v) is 6.24. The summed E-state index contributed by atoms with van der Waals surface area (Å²) < 4.78 is 0. The predicted octanol–water partition coefficient (Wildman–Crippen LogP) is 7.52. The third-order valence-electron chi connectivity index (χ3n) is 6.24. The quantitative estimate of drug-likeness (QED) is 0.322. The first-order valence-electron chi connectivity index (χ1n) is 11.6. The van der Waals surface area contributed by atoms with E-state index in [9.17, 15) is 4.79 Å². The zero-order valence-electron chi connectivity index (χ0n) is 20.4. The maximum absolute atomic E-state index is 11.8. The maximum atomic E-state index is 11.8. The van der Waals surface area contributed by atoms with Crippen molar-refractivity contribution in [2.24, 2.45) is 0 Å². The summed E-state index contributed by atoms with van der Waals surface area (Å²) in [5.41, 5.74) is 4.49. The summed E-state index contributed by atoms with van der Waals surface area (Å²) in [6, 6.07) is 24.6. The number of pyridine rings is 1. The summed E-state index contributed by atoms with van der Waals surface area (Å²) in [7, 11) is 0. The van der Waals surface area contributed by atoms with Gasteiger partial charge in [-0.25, -0.2) is 0 Å². The number of aromatic nitrogens is 1. The fraction of sp³-hybridized carbons (Fsp3) is 0.161. The molecule has 3 nitrogen and oxygen atoms in total. The van der Waals surface area contributed by atoms with Gasteiger partial charge < -0.3 is 4.90 Å². The second-order valence-corrected chi connectivity index (χ2v) is 8.51. The standard InChI is InChI=1S/C17H16N2.C14H14O.BrH.ClH/c1-2-4-15(5-3-1)14-19-12-8-17(9-13-19)16-6-10-18-11-7-16;1-12(15)14(10-6-3-7-11-14)13-8-4-2-5-9-13;;/h1-12H,13-14H2;2-10H,11H2,1H3;2*1H. The molecule has 36 heavy (non-hydrogen) atoms. The fourth-order valence-electron chi connectivity index (χ4n) is 4.26. The number of benzene rings is 2. The van der Waals surface area contributed by atoms with E-state index >= 15 is 0 Å². The Bertz CT molecular complexity index is 1210. The summed E-state index contributed by atoms with van der Waals surface area (Å²) >= 11 is 0. The molecule has 1 aromatic heterocycles. The first kappa shape index (κ1) is 29.0. The molecule has 5 rings (SSSR count). The molecule has 3 aromatic rings. The lowest BCUT2D eigenvalue weighted by Gasteiger charge is -2.28. The summed E-state index contributed by atoms with van der Waals surface area (Å²) in [6.45, 7) is 3.57. The van der Waals surface area contributed by atoms with Crippen molar-refractivity contribution < 1.29 is 4.79 Å². The van der Waals surface area contributed by atoms with Crippen molar-refractivity contribution in [2.45, 2.75) is 25.3 Å². The predicted molar refractivity (Wildman–Crippen MR) is 157 cm³/mol. The Balaban J connectivity index is 0.000000246. The van der Waals surface area contributed by atoms with Crippen LogP contribution in [-0.4, -0.2) is 22.2 Å². The van der Waals surface area contributed by atoms with Crippen LogP contribution in [0.1, 0.15) is 30.0 Å². The van der Waals surface area contributed by atoms with E-state index in [4.69, 9.17) is 0 Å². The van der Waals surface area contributed by atoms with Crippen LogP contribution in [-0.2, 0) is 16.8 Å². The molecule has 1 aliphatic heterocycles. The molecule has 2 aliphatic rings. The molecule has 1 unspecified atom stereocenters. The normalized spacial score (nSPS) is 17.6. The molecule has 0 N–H and O–H groups in total. The number of allylic oxidation sites excluding steroid dienone is 6. The molecule has 0 spiro atoms. The zero-order valence-corrected chi connectivity index (χ0v) is 22.9. The van der Waals surface area contributed by atoms with E-state index in [1.165, 1.54) is 16.7 Å². The monoisotopic (exact) mass is 562 g/mol. The Labute approximate surface area is 231 Å². The lowest BCUT2D eigenvalue weighted by Crippen LogP contribution is -2.32. The molecule has 5 heteroatoms. The Hall–Kier alpha value is -3.21. The summed E-state index contributed by atoms with van der Waals surface area (Å²) in [5.74, 6) is 0.203. The first-order valence-corrected chi connectivity index (χ1v) is 11.6. The Morgan fingerprint density at radius 3 is 2.17 bits per heavy atom. The molecule has 0 amide bonds. The van der Waals surface area contributed by atoms with Crippen LogP contribution >= 0.6 is 29.4 Å². The molecule has 0 saturated carbocycles. The number of halogens is 2. The summed E-state index contributed by atoms with van der Waals surface area (Å²) in [6.07, 6.45) is 19.0. The lowest BCUT2D eigenvalue weighted by molar-refractivity contribution is -0.120. The summed E-state index contributed by atoms with van der Waals surface area (Å²) in [4.78, 5) is 18.2. The van der Waals surface area contributed by atoms with Gasteiger partial charge in [0, 0.05) is 31.7 Å². The number of ketones is 1. The van der Waals surface area contributed by atoms with Crippen molar-refractivity contribution >= 4 is 40.7 Å². The van der Waals surface area contributed by atoms with E-state index in [-0.39, 0.29) is 35.2 Å². The highest BCUT2D eigenvalue weighted by atomic mass is 79.9. The minimum Gasteiger partial charge on any atom is -0.369 e. The van der Waals surface area contributed by atoms with Crippen molar-refractivity contribution in [2.75, 3.05) is 6.54 Å². The van der Waals surface area contributed by atoms with Gasteiger partial charge in [0.15, 0.2) is 0 Å². The highest BCUT2D eigenvalue weighted by Crippen LogP contribution is 2.33. The van der Waals surface area contributed by atoms with Crippen LogP contribution < -0.4 is 0 Å². The van der Waals surface area contributed by atoms with Crippen LogP contribution in [0.25, 0.3) is 5.57 Å². The maximum Gasteiger partial charge on any atom is 0.144 e. The highest BCUT2D eigenvalue weighted by molar-refractivity contribution is 8.93. The van der Waals surface area contributed by atoms with Gasteiger partial charge >= 0.3 is 0 Å². The molecule has 1 atom stereocenters. The second kappa shape index (κ2) is 14.4. The Morgan fingerprint density at radius 1 is 0.944 bits per heavy atom.